The van der Waals surface area contributed by atoms with E-state index in [0.29, 0.717) is 11.5 Å². The van der Waals surface area contributed by atoms with Crippen LogP contribution in [0.25, 0.3) is 0 Å². The van der Waals surface area contributed by atoms with Gasteiger partial charge in [-0.05, 0) is 36.8 Å². The number of aromatic carboxylic acids is 1. The smallest absolute Gasteiger partial charge is 0.345 e. The van der Waals surface area contributed by atoms with Crippen LogP contribution in [0.2, 0.25) is 0 Å². The zero-order valence-electron chi connectivity index (χ0n) is 9.34. The van der Waals surface area contributed by atoms with Gasteiger partial charge >= 0.3 is 5.97 Å². The van der Waals surface area contributed by atoms with Gasteiger partial charge in [0.2, 0.25) is 0 Å². The van der Waals surface area contributed by atoms with E-state index in [2.05, 4.69) is 0 Å². The van der Waals surface area contributed by atoms with E-state index in [9.17, 15) is 4.79 Å². The first kappa shape index (κ1) is 11.7. The van der Waals surface area contributed by atoms with Gasteiger partial charge in [0.15, 0.2) is 0 Å². The van der Waals surface area contributed by atoms with Crippen LogP contribution < -0.4 is 4.74 Å². The van der Waals surface area contributed by atoms with Gasteiger partial charge in [0.25, 0.3) is 0 Å². The molecule has 3 nitrogen and oxygen atoms in total. The van der Waals surface area contributed by atoms with Crippen LogP contribution in [0.15, 0.2) is 36.4 Å². The lowest BCUT2D eigenvalue weighted by Gasteiger charge is -2.04. The van der Waals surface area contributed by atoms with Crippen molar-refractivity contribution in [2.45, 2.75) is 13.5 Å². The second-order valence-corrected chi connectivity index (χ2v) is 4.84. The van der Waals surface area contributed by atoms with Crippen molar-refractivity contribution in [3.63, 3.8) is 0 Å². The quantitative estimate of drug-likeness (QED) is 0.902. The highest BCUT2D eigenvalue weighted by Gasteiger charge is 2.07. The number of carboxylic acid groups (broad SMARTS) is 1. The molecule has 0 saturated heterocycles. The average Bonchev–Trinajstić information content (AvgIpc) is 2.75. The molecule has 0 aliphatic rings. The fourth-order valence-electron chi connectivity index (χ4n) is 1.43. The number of ether oxygens (including phenoxy) is 1. The Balaban J connectivity index is 2.00. The fourth-order valence-corrected chi connectivity index (χ4v) is 2.19. The molecule has 0 amide bonds. The molecule has 88 valence electrons. The highest BCUT2D eigenvalue weighted by atomic mass is 32.1. The van der Waals surface area contributed by atoms with E-state index in [0.717, 1.165) is 16.2 Å². The number of hydrogen-bond donors (Lipinski definition) is 1. The minimum Gasteiger partial charge on any atom is -0.488 e. The molecule has 0 unspecified atom stereocenters. The van der Waals surface area contributed by atoms with Crippen molar-refractivity contribution in [2.24, 2.45) is 0 Å². The molecule has 1 aromatic carbocycles. The maximum atomic E-state index is 10.7. The number of hydrogen-bond acceptors (Lipinski definition) is 3. The Hall–Kier alpha value is -1.81. The van der Waals surface area contributed by atoms with Crippen molar-refractivity contribution in [1.29, 1.82) is 0 Å². The number of rotatable bonds is 4. The SMILES string of the molecule is Cc1cccc(OCc2ccc(C(=O)O)s2)c1. The molecule has 2 rings (SSSR count). The Morgan fingerprint density at radius 3 is 2.82 bits per heavy atom. The predicted molar refractivity (Wildman–Crippen MR) is 66.8 cm³/mol. The first-order chi connectivity index (χ1) is 8.15. The van der Waals surface area contributed by atoms with Crippen LogP contribution in [0, 0.1) is 6.92 Å². The lowest BCUT2D eigenvalue weighted by Crippen LogP contribution is -1.93. The summed E-state index contributed by atoms with van der Waals surface area (Å²) >= 11 is 1.24. The molecule has 4 heteroatoms. The standard InChI is InChI=1S/C13H12O3S/c1-9-3-2-4-10(7-9)16-8-11-5-6-12(17-11)13(14)15/h2-7H,8H2,1H3,(H,14,15). The second kappa shape index (κ2) is 5.01. The monoisotopic (exact) mass is 248 g/mol. The van der Waals surface area contributed by atoms with E-state index in [-0.39, 0.29) is 0 Å². The maximum Gasteiger partial charge on any atom is 0.345 e. The first-order valence-corrected chi connectivity index (χ1v) is 5.98. The minimum absolute atomic E-state index is 0.341. The Morgan fingerprint density at radius 1 is 1.35 bits per heavy atom. The average molecular weight is 248 g/mol. The summed E-state index contributed by atoms with van der Waals surface area (Å²) in [4.78, 5) is 11.9. The number of carbonyl (C=O) groups is 1. The fraction of sp³-hybridized carbons (Fsp3) is 0.154. The van der Waals surface area contributed by atoms with Gasteiger partial charge in [0.05, 0.1) is 0 Å². The summed E-state index contributed by atoms with van der Waals surface area (Å²) in [6, 6.07) is 11.2. The molecule has 0 bridgehead atoms. The van der Waals surface area contributed by atoms with Gasteiger partial charge in [0.1, 0.15) is 17.2 Å². The molecule has 2 aromatic rings. The summed E-state index contributed by atoms with van der Waals surface area (Å²) in [5.74, 6) is -0.0907. The van der Waals surface area contributed by atoms with Gasteiger partial charge in [-0.15, -0.1) is 11.3 Å². The highest BCUT2D eigenvalue weighted by molar-refractivity contribution is 7.13. The lowest BCUT2D eigenvalue weighted by atomic mass is 10.2. The molecule has 1 aromatic heterocycles. The normalized spacial score (nSPS) is 10.2. The molecule has 1 heterocycles. The molecule has 0 fully saturated rings. The van der Waals surface area contributed by atoms with Crippen molar-refractivity contribution >= 4 is 17.3 Å². The van der Waals surface area contributed by atoms with Crippen LogP contribution in [-0.2, 0) is 6.61 Å². The van der Waals surface area contributed by atoms with Crippen molar-refractivity contribution in [2.75, 3.05) is 0 Å². The second-order valence-electron chi connectivity index (χ2n) is 3.68. The van der Waals surface area contributed by atoms with Crippen molar-refractivity contribution in [3.05, 3.63) is 51.7 Å². The van der Waals surface area contributed by atoms with Gasteiger partial charge in [0, 0.05) is 4.88 Å². The summed E-state index contributed by atoms with van der Waals surface area (Å²) in [6.07, 6.45) is 0. The van der Waals surface area contributed by atoms with E-state index in [1.165, 1.54) is 11.3 Å². The van der Waals surface area contributed by atoms with Gasteiger partial charge in [-0.2, -0.15) is 0 Å². The van der Waals surface area contributed by atoms with E-state index in [1.807, 2.05) is 31.2 Å². The van der Waals surface area contributed by atoms with E-state index >= 15 is 0 Å². The predicted octanol–water partition coefficient (Wildman–Crippen LogP) is 3.33. The Bertz CT molecular complexity index is 531. The maximum absolute atomic E-state index is 10.7. The molecule has 0 aliphatic carbocycles. The van der Waals surface area contributed by atoms with Crippen LogP contribution in [-0.4, -0.2) is 11.1 Å². The lowest BCUT2D eigenvalue weighted by molar-refractivity contribution is 0.0702. The number of aryl methyl sites for hydroxylation is 1. The number of carboxylic acids is 1. The summed E-state index contributed by atoms with van der Waals surface area (Å²) in [5, 5.41) is 8.79. The van der Waals surface area contributed by atoms with Gasteiger partial charge in [-0.3, -0.25) is 0 Å². The third-order valence-electron chi connectivity index (χ3n) is 2.24. The number of benzene rings is 1. The minimum atomic E-state index is -0.892. The van der Waals surface area contributed by atoms with Crippen molar-refractivity contribution < 1.29 is 14.6 Å². The van der Waals surface area contributed by atoms with Crippen LogP contribution in [0.1, 0.15) is 20.1 Å². The van der Waals surface area contributed by atoms with Gasteiger partial charge < -0.3 is 9.84 Å². The third kappa shape index (κ3) is 3.07. The Labute approximate surface area is 103 Å². The molecule has 0 aliphatic heterocycles. The summed E-state index contributed by atoms with van der Waals surface area (Å²) in [7, 11) is 0. The summed E-state index contributed by atoms with van der Waals surface area (Å²) < 4.78 is 5.58. The van der Waals surface area contributed by atoms with Crippen LogP contribution in [0.4, 0.5) is 0 Å². The molecule has 1 N–H and O–H groups in total. The van der Waals surface area contributed by atoms with Crippen LogP contribution in [0.5, 0.6) is 5.75 Å². The Kier molecular flexibility index (Phi) is 3.44. The number of thiophene rings is 1. The Morgan fingerprint density at radius 2 is 2.18 bits per heavy atom. The van der Waals surface area contributed by atoms with E-state index in [1.54, 1.807) is 12.1 Å². The summed E-state index contributed by atoms with van der Waals surface area (Å²) in [5.41, 5.74) is 1.14. The van der Waals surface area contributed by atoms with E-state index in [4.69, 9.17) is 9.84 Å². The summed E-state index contributed by atoms with van der Waals surface area (Å²) in [6.45, 7) is 2.40. The molecule has 17 heavy (non-hydrogen) atoms. The van der Waals surface area contributed by atoms with Gasteiger partial charge in [-0.25, -0.2) is 4.79 Å². The zero-order chi connectivity index (χ0) is 12.3. The van der Waals surface area contributed by atoms with Crippen LogP contribution in [0.3, 0.4) is 0 Å². The third-order valence-corrected chi connectivity index (χ3v) is 3.29. The van der Waals surface area contributed by atoms with Crippen molar-refractivity contribution in [1.82, 2.24) is 0 Å². The topological polar surface area (TPSA) is 46.5 Å². The van der Waals surface area contributed by atoms with Crippen molar-refractivity contribution in [3.8, 4) is 5.75 Å². The molecular weight excluding hydrogens is 236 g/mol. The molecule has 0 saturated carbocycles. The highest BCUT2D eigenvalue weighted by Crippen LogP contribution is 2.19. The molecule has 0 atom stereocenters. The van der Waals surface area contributed by atoms with Gasteiger partial charge in [-0.1, -0.05) is 12.1 Å². The largest absolute Gasteiger partial charge is 0.488 e. The zero-order valence-corrected chi connectivity index (χ0v) is 10.2. The molecular formula is C13H12O3S. The molecule has 0 spiro atoms. The molecule has 0 radical (unpaired) electrons. The van der Waals surface area contributed by atoms with Crippen LogP contribution >= 0.6 is 11.3 Å². The first-order valence-electron chi connectivity index (χ1n) is 5.16. The van der Waals surface area contributed by atoms with E-state index < -0.39 is 5.97 Å².